The van der Waals surface area contributed by atoms with Gasteiger partial charge in [-0.2, -0.15) is 0 Å². The minimum absolute atomic E-state index is 0.0513. The third-order valence-electron chi connectivity index (χ3n) is 2.92. The molecule has 1 aromatic carbocycles. The van der Waals surface area contributed by atoms with Crippen LogP contribution in [0.25, 0.3) is 0 Å². The monoisotopic (exact) mass is 250 g/mol. The van der Waals surface area contributed by atoms with Crippen molar-refractivity contribution in [3.63, 3.8) is 0 Å². The molecule has 0 atom stereocenters. The summed E-state index contributed by atoms with van der Waals surface area (Å²) in [6.45, 7) is 7.25. The molecule has 0 unspecified atom stereocenters. The molecule has 100 valence electrons. The van der Waals surface area contributed by atoms with E-state index >= 15 is 0 Å². The summed E-state index contributed by atoms with van der Waals surface area (Å²) in [7, 11) is 0. The van der Waals surface area contributed by atoms with Crippen LogP contribution in [-0.2, 0) is 4.79 Å². The number of carbonyl (C=O) groups excluding carboxylic acids is 1. The van der Waals surface area contributed by atoms with Crippen molar-refractivity contribution in [1.82, 2.24) is 5.32 Å². The molecule has 18 heavy (non-hydrogen) atoms. The Morgan fingerprint density at radius 3 is 2.61 bits per heavy atom. The molecule has 0 aliphatic rings. The molecule has 1 rings (SSSR count). The van der Waals surface area contributed by atoms with Gasteiger partial charge in [-0.05, 0) is 50.4 Å². The zero-order valence-electron chi connectivity index (χ0n) is 11.4. The van der Waals surface area contributed by atoms with Gasteiger partial charge in [0.25, 0.3) is 5.91 Å². The Bertz CT molecular complexity index is 417. The van der Waals surface area contributed by atoms with Crippen LogP contribution < -0.4 is 15.8 Å². The number of hydrogen-bond acceptors (Lipinski definition) is 3. The molecule has 0 radical (unpaired) electrons. The van der Waals surface area contributed by atoms with Gasteiger partial charge in [0.2, 0.25) is 0 Å². The molecule has 4 nitrogen and oxygen atoms in total. The lowest BCUT2D eigenvalue weighted by atomic mass is 10.1. The summed E-state index contributed by atoms with van der Waals surface area (Å²) in [4.78, 5) is 11.5. The Labute approximate surface area is 109 Å². The van der Waals surface area contributed by atoms with Gasteiger partial charge in [-0.15, -0.1) is 0 Å². The lowest BCUT2D eigenvalue weighted by Gasteiger charge is -2.13. The standard InChI is InChI=1S/C14H22N2O2/c1-10-5-6-11(2)14(12(10)3)18-9-13(17)16-8-4-7-15/h5-6H,4,7-9,15H2,1-3H3,(H,16,17). The van der Waals surface area contributed by atoms with Gasteiger partial charge in [0.05, 0.1) is 0 Å². The quantitative estimate of drug-likeness (QED) is 0.751. The lowest BCUT2D eigenvalue weighted by molar-refractivity contribution is -0.123. The van der Waals surface area contributed by atoms with Gasteiger partial charge >= 0.3 is 0 Å². The summed E-state index contributed by atoms with van der Waals surface area (Å²) < 4.78 is 5.60. The minimum atomic E-state index is -0.108. The van der Waals surface area contributed by atoms with Crippen LogP contribution in [0.15, 0.2) is 12.1 Å². The third-order valence-corrected chi connectivity index (χ3v) is 2.92. The largest absolute Gasteiger partial charge is 0.483 e. The van der Waals surface area contributed by atoms with E-state index in [-0.39, 0.29) is 12.5 Å². The van der Waals surface area contributed by atoms with Crippen molar-refractivity contribution in [3.8, 4) is 5.75 Å². The topological polar surface area (TPSA) is 64.3 Å². The van der Waals surface area contributed by atoms with Crippen LogP contribution in [0, 0.1) is 20.8 Å². The highest BCUT2D eigenvalue weighted by Crippen LogP contribution is 2.25. The van der Waals surface area contributed by atoms with Gasteiger partial charge < -0.3 is 15.8 Å². The van der Waals surface area contributed by atoms with E-state index in [2.05, 4.69) is 11.4 Å². The first-order chi connectivity index (χ1) is 8.56. The van der Waals surface area contributed by atoms with Crippen molar-refractivity contribution >= 4 is 5.91 Å². The molecule has 0 saturated heterocycles. The maximum atomic E-state index is 11.5. The number of ether oxygens (including phenoxy) is 1. The molecule has 3 N–H and O–H groups in total. The zero-order chi connectivity index (χ0) is 13.5. The molecule has 0 saturated carbocycles. The molecule has 0 heterocycles. The van der Waals surface area contributed by atoms with Crippen molar-refractivity contribution < 1.29 is 9.53 Å². The van der Waals surface area contributed by atoms with Crippen LogP contribution in [0.4, 0.5) is 0 Å². The number of amides is 1. The van der Waals surface area contributed by atoms with Crippen LogP contribution in [0.5, 0.6) is 5.75 Å². The van der Waals surface area contributed by atoms with Gasteiger partial charge in [-0.1, -0.05) is 12.1 Å². The summed E-state index contributed by atoms with van der Waals surface area (Å²) in [5.41, 5.74) is 8.66. The van der Waals surface area contributed by atoms with Crippen molar-refractivity contribution in [2.75, 3.05) is 19.7 Å². The summed E-state index contributed by atoms with van der Waals surface area (Å²) in [5.74, 6) is 0.702. The summed E-state index contributed by atoms with van der Waals surface area (Å²) in [5, 5.41) is 2.76. The molecule has 0 aliphatic heterocycles. The molecule has 0 bridgehead atoms. The molecule has 4 heteroatoms. The van der Waals surface area contributed by atoms with Crippen LogP contribution in [0.2, 0.25) is 0 Å². The van der Waals surface area contributed by atoms with E-state index < -0.39 is 0 Å². The molecular weight excluding hydrogens is 228 g/mol. The van der Waals surface area contributed by atoms with Crippen molar-refractivity contribution in [2.45, 2.75) is 27.2 Å². The van der Waals surface area contributed by atoms with Crippen LogP contribution >= 0.6 is 0 Å². The van der Waals surface area contributed by atoms with Gasteiger partial charge in [0.15, 0.2) is 6.61 Å². The molecule has 0 spiro atoms. The second-order valence-corrected chi connectivity index (χ2v) is 4.43. The summed E-state index contributed by atoms with van der Waals surface area (Å²) in [6.07, 6.45) is 0.786. The number of nitrogens with one attached hydrogen (secondary N) is 1. The number of rotatable bonds is 6. The zero-order valence-corrected chi connectivity index (χ0v) is 11.4. The second-order valence-electron chi connectivity index (χ2n) is 4.43. The van der Waals surface area contributed by atoms with E-state index in [9.17, 15) is 4.79 Å². The molecule has 0 fully saturated rings. The van der Waals surface area contributed by atoms with E-state index in [4.69, 9.17) is 10.5 Å². The summed E-state index contributed by atoms with van der Waals surface area (Å²) >= 11 is 0. The van der Waals surface area contributed by atoms with E-state index in [0.717, 1.165) is 23.3 Å². The number of benzene rings is 1. The van der Waals surface area contributed by atoms with Crippen LogP contribution in [-0.4, -0.2) is 25.6 Å². The smallest absolute Gasteiger partial charge is 0.257 e. The van der Waals surface area contributed by atoms with E-state index in [0.29, 0.717) is 13.1 Å². The lowest BCUT2D eigenvalue weighted by Crippen LogP contribution is -2.30. The Morgan fingerprint density at radius 2 is 1.94 bits per heavy atom. The number of nitrogens with two attached hydrogens (primary N) is 1. The van der Waals surface area contributed by atoms with E-state index in [1.807, 2.05) is 26.8 Å². The third kappa shape index (κ3) is 4.04. The van der Waals surface area contributed by atoms with Gasteiger partial charge in [0.1, 0.15) is 5.75 Å². The van der Waals surface area contributed by atoms with Gasteiger partial charge in [-0.3, -0.25) is 4.79 Å². The average Bonchev–Trinajstić information content (AvgIpc) is 2.34. The van der Waals surface area contributed by atoms with Crippen LogP contribution in [0.1, 0.15) is 23.1 Å². The van der Waals surface area contributed by atoms with Crippen molar-refractivity contribution in [3.05, 3.63) is 28.8 Å². The fourth-order valence-corrected chi connectivity index (χ4v) is 1.67. The molecule has 0 aromatic heterocycles. The maximum absolute atomic E-state index is 11.5. The van der Waals surface area contributed by atoms with E-state index in [1.54, 1.807) is 0 Å². The van der Waals surface area contributed by atoms with Gasteiger partial charge in [-0.25, -0.2) is 0 Å². The highest BCUT2D eigenvalue weighted by Gasteiger charge is 2.08. The average molecular weight is 250 g/mol. The highest BCUT2D eigenvalue weighted by molar-refractivity contribution is 5.77. The second kappa shape index (κ2) is 7.01. The molecule has 0 aliphatic carbocycles. The predicted octanol–water partition coefficient (Wildman–Crippen LogP) is 1.46. The van der Waals surface area contributed by atoms with Gasteiger partial charge in [0, 0.05) is 6.54 Å². The minimum Gasteiger partial charge on any atom is -0.483 e. The Hall–Kier alpha value is -1.55. The number of hydrogen-bond donors (Lipinski definition) is 2. The first-order valence-electron chi connectivity index (χ1n) is 6.22. The SMILES string of the molecule is Cc1ccc(C)c(OCC(=O)NCCCN)c1C. The summed E-state index contributed by atoms with van der Waals surface area (Å²) in [6, 6.07) is 4.06. The highest BCUT2D eigenvalue weighted by atomic mass is 16.5. The van der Waals surface area contributed by atoms with E-state index in [1.165, 1.54) is 5.56 Å². The Morgan fingerprint density at radius 1 is 1.28 bits per heavy atom. The predicted molar refractivity (Wildman–Crippen MR) is 72.8 cm³/mol. The first kappa shape index (κ1) is 14.5. The molecule has 1 aromatic rings. The normalized spacial score (nSPS) is 10.2. The first-order valence-corrected chi connectivity index (χ1v) is 6.22. The van der Waals surface area contributed by atoms with Crippen molar-refractivity contribution in [1.29, 1.82) is 0 Å². The fraction of sp³-hybridized carbons (Fsp3) is 0.500. The van der Waals surface area contributed by atoms with Crippen LogP contribution in [0.3, 0.4) is 0 Å². The molecular formula is C14H22N2O2. The van der Waals surface area contributed by atoms with Crippen molar-refractivity contribution in [2.24, 2.45) is 5.73 Å². The fourth-order valence-electron chi connectivity index (χ4n) is 1.67. The number of aryl methyl sites for hydroxylation is 2. The maximum Gasteiger partial charge on any atom is 0.257 e. The Balaban J connectivity index is 2.53. The number of carbonyl (C=O) groups is 1. The Kier molecular flexibility index (Phi) is 5.65. The molecule has 1 amide bonds.